The second-order valence-electron chi connectivity index (χ2n) is 8.71. The van der Waals surface area contributed by atoms with Crippen molar-refractivity contribution in [2.75, 3.05) is 31.1 Å². The van der Waals surface area contributed by atoms with Gasteiger partial charge in [-0.2, -0.15) is 0 Å². The van der Waals surface area contributed by atoms with E-state index in [0.717, 1.165) is 13.1 Å². The van der Waals surface area contributed by atoms with Gasteiger partial charge >= 0.3 is 0 Å². The molecular formula is C27H25Cl2N3O2. The molecule has 0 N–H and O–H groups in total. The molecule has 0 bridgehead atoms. The van der Waals surface area contributed by atoms with Gasteiger partial charge in [0.05, 0.1) is 24.2 Å². The summed E-state index contributed by atoms with van der Waals surface area (Å²) >= 11 is 12.2. The van der Waals surface area contributed by atoms with Crippen LogP contribution in [0.5, 0.6) is 0 Å². The van der Waals surface area contributed by atoms with E-state index in [0.29, 0.717) is 28.8 Å². The molecule has 5 nitrogen and oxygen atoms in total. The van der Waals surface area contributed by atoms with Crippen molar-refractivity contribution in [1.29, 1.82) is 0 Å². The van der Waals surface area contributed by atoms with E-state index in [4.69, 9.17) is 23.2 Å². The Hall–Kier alpha value is -2.70. The molecule has 1 unspecified atom stereocenters. The SMILES string of the molecule is O=C1CC(N2CCN(C(c3ccccc3)c3ccccc3)CC2)C(=O)N1c1cc(Cl)cc(Cl)c1. The predicted octanol–water partition coefficient (Wildman–Crippen LogP) is 5.03. The van der Waals surface area contributed by atoms with Crippen LogP contribution in [0.15, 0.2) is 78.9 Å². The zero-order valence-corrected chi connectivity index (χ0v) is 20.1. The van der Waals surface area contributed by atoms with E-state index in [2.05, 4.69) is 58.3 Å². The summed E-state index contributed by atoms with van der Waals surface area (Å²) in [5.41, 5.74) is 2.93. The van der Waals surface area contributed by atoms with E-state index in [1.54, 1.807) is 18.2 Å². The van der Waals surface area contributed by atoms with Gasteiger partial charge in [-0.05, 0) is 29.3 Å². The lowest BCUT2D eigenvalue weighted by Gasteiger charge is -2.41. The number of rotatable bonds is 5. The third-order valence-electron chi connectivity index (χ3n) is 6.61. The number of halogens is 2. The molecule has 0 spiro atoms. The molecule has 174 valence electrons. The summed E-state index contributed by atoms with van der Waals surface area (Å²) in [6, 6.07) is 25.5. The van der Waals surface area contributed by atoms with E-state index in [1.807, 2.05) is 12.1 Å². The van der Waals surface area contributed by atoms with Crippen LogP contribution >= 0.6 is 23.2 Å². The van der Waals surface area contributed by atoms with E-state index in [-0.39, 0.29) is 24.3 Å². The Morgan fingerprint density at radius 2 is 1.26 bits per heavy atom. The first-order chi connectivity index (χ1) is 16.5. The molecule has 0 aromatic heterocycles. The topological polar surface area (TPSA) is 43.9 Å². The van der Waals surface area contributed by atoms with Gasteiger partial charge < -0.3 is 0 Å². The normalized spacial score (nSPS) is 19.9. The first-order valence-corrected chi connectivity index (χ1v) is 12.2. The Morgan fingerprint density at radius 1 is 0.735 bits per heavy atom. The van der Waals surface area contributed by atoms with Crippen molar-refractivity contribution in [2.24, 2.45) is 0 Å². The number of hydrogen-bond donors (Lipinski definition) is 0. The summed E-state index contributed by atoms with van der Waals surface area (Å²) in [5.74, 6) is -0.429. The molecule has 0 radical (unpaired) electrons. The number of hydrogen-bond acceptors (Lipinski definition) is 4. The third-order valence-corrected chi connectivity index (χ3v) is 7.05. The van der Waals surface area contributed by atoms with E-state index in [1.165, 1.54) is 16.0 Å². The van der Waals surface area contributed by atoms with Crippen molar-refractivity contribution in [3.8, 4) is 0 Å². The second kappa shape index (κ2) is 9.88. The number of amides is 2. The van der Waals surface area contributed by atoms with Gasteiger partial charge in [0, 0.05) is 36.2 Å². The molecule has 0 saturated carbocycles. The molecular weight excluding hydrogens is 469 g/mol. The summed E-state index contributed by atoms with van der Waals surface area (Å²) in [6.07, 6.45) is 0.170. The maximum atomic E-state index is 13.3. The summed E-state index contributed by atoms with van der Waals surface area (Å²) in [4.78, 5) is 31.9. The zero-order valence-electron chi connectivity index (χ0n) is 18.6. The summed E-state index contributed by atoms with van der Waals surface area (Å²) in [6.45, 7) is 3.03. The molecule has 2 heterocycles. The molecule has 7 heteroatoms. The molecule has 2 fully saturated rings. The minimum atomic E-state index is -0.459. The van der Waals surface area contributed by atoms with Crippen molar-refractivity contribution >= 4 is 40.7 Å². The first kappa shape index (κ1) is 23.1. The van der Waals surface area contributed by atoms with Crippen molar-refractivity contribution in [3.63, 3.8) is 0 Å². The molecule has 2 aliphatic heterocycles. The fourth-order valence-electron chi connectivity index (χ4n) is 5.03. The fraction of sp³-hybridized carbons (Fsp3) is 0.259. The monoisotopic (exact) mass is 493 g/mol. The van der Waals surface area contributed by atoms with E-state index >= 15 is 0 Å². The third kappa shape index (κ3) is 4.62. The highest BCUT2D eigenvalue weighted by Crippen LogP contribution is 2.33. The lowest BCUT2D eigenvalue weighted by molar-refractivity contribution is -0.123. The van der Waals surface area contributed by atoms with Crippen LogP contribution in [0, 0.1) is 0 Å². The van der Waals surface area contributed by atoms with Gasteiger partial charge in [-0.1, -0.05) is 83.9 Å². The van der Waals surface area contributed by atoms with Crippen molar-refractivity contribution in [1.82, 2.24) is 9.80 Å². The van der Waals surface area contributed by atoms with Gasteiger partial charge in [-0.25, -0.2) is 4.90 Å². The lowest BCUT2D eigenvalue weighted by Crippen LogP contribution is -2.53. The quantitative estimate of drug-likeness (QED) is 0.467. The standard InChI is InChI=1S/C27H25Cl2N3O2/c28-21-15-22(29)17-23(16-21)32-25(33)18-24(27(32)34)30-11-13-31(14-12-30)26(19-7-3-1-4-8-19)20-9-5-2-6-10-20/h1-10,15-17,24,26H,11-14,18H2. The van der Waals surface area contributed by atoms with Gasteiger partial charge in [0.1, 0.15) is 0 Å². The molecule has 2 saturated heterocycles. The van der Waals surface area contributed by atoms with Crippen LogP contribution in [0.1, 0.15) is 23.6 Å². The maximum Gasteiger partial charge on any atom is 0.251 e. The van der Waals surface area contributed by atoms with E-state index < -0.39 is 6.04 Å². The zero-order chi connectivity index (χ0) is 23.7. The van der Waals surface area contributed by atoms with Gasteiger partial charge in [0.2, 0.25) is 5.91 Å². The number of piperazine rings is 1. The number of nitrogens with zero attached hydrogens (tertiary/aromatic N) is 3. The molecule has 3 aromatic rings. The maximum absolute atomic E-state index is 13.3. The molecule has 0 aliphatic carbocycles. The van der Waals surface area contributed by atoms with Crippen LogP contribution in [0.2, 0.25) is 10.0 Å². The number of benzene rings is 3. The average Bonchev–Trinajstić information content (AvgIpc) is 3.14. The van der Waals surface area contributed by atoms with Crippen LogP contribution in [0.3, 0.4) is 0 Å². The summed E-state index contributed by atoms with van der Waals surface area (Å²) in [7, 11) is 0. The number of anilines is 1. The average molecular weight is 494 g/mol. The molecule has 1 atom stereocenters. The minimum absolute atomic E-state index is 0.149. The highest BCUT2D eigenvalue weighted by atomic mass is 35.5. The fourth-order valence-corrected chi connectivity index (χ4v) is 5.55. The summed E-state index contributed by atoms with van der Waals surface area (Å²) < 4.78 is 0. The van der Waals surface area contributed by atoms with Crippen molar-refractivity contribution < 1.29 is 9.59 Å². The summed E-state index contributed by atoms with van der Waals surface area (Å²) in [5, 5.41) is 0.793. The van der Waals surface area contributed by atoms with Gasteiger partial charge in [0.25, 0.3) is 5.91 Å². The van der Waals surface area contributed by atoms with Gasteiger partial charge in [-0.15, -0.1) is 0 Å². The smallest absolute Gasteiger partial charge is 0.251 e. The van der Waals surface area contributed by atoms with Gasteiger partial charge in [-0.3, -0.25) is 19.4 Å². The van der Waals surface area contributed by atoms with Crippen LogP contribution in [0.25, 0.3) is 0 Å². The Labute approximate surface area is 209 Å². The van der Waals surface area contributed by atoms with Crippen LogP contribution in [-0.2, 0) is 9.59 Å². The highest BCUT2D eigenvalue weighted by Gasteiger charge is 2.44. The minimum Gasteiger partial charge on any atom is -0.290 e. The molecule has 5 rings (SSSR count). The molecule has 2 aliphatic rings. The Kier molecular flexibility index (Phi) is 6.70. The van der Waals surface area contributed by atoms with Crippen LogP contribution in [0.4, 0.5) is 5.69 Å². The van der Waals surface area contributed by atoms with Crippen LogP contribution < -0.4 is 4.90 Å². The number of carbonyl (C=O) groups is 2. The van der Waals surface area contributed by atoms with Crippen molar-refractivity contribution in [2.45, 2.75) is 18.5 Å². The lowest BCUT2D eigenvalue weighted by atomic mass is 9.96. The second-order valence-corrected chi connectivity index (χ2v) is 9.58. The van der Waals surface area contributed by atoms with Crippen LogP contribution in [-0.4, -0.2) is 53.8 Å². The Bertz CT molecular complexity index is 1120. The molecule has 3 aromatic carbocycles. The van der Waals surface area contributed by atoms with Gasteiger partial charge in [0.15, 0.2) is 0 Å². The number of carbonyl (C=O) groups excluding carboxylic acids is 2. The molecule has 2 amide bonds. The van der Waals surface area contributed by atoms with Crippen molar-refractivity contribution in [3.05, 3.63) is 100 Å². The van der Waals surface area contributed by atoms with E-state index in [9.17, 15) is 9.59 Å². The predicted molar refractivity (Wildman–Crippen MR) is 135 cm³/mol. The Balaban J connectivity index is 1.32. The molecule has 34 heavy (non-hydrogen) atoms. The largest absolute Gasteiger partial charge is 0.290 e. The first-order valence-electron chi connectivity index (χ1n) is 11.4. The highest BCUT2D eigenvalue weighted by molar-refractivity contribution is 6.35. The Morgan fingerprint density at radius 3 is 1.79 bits per heavy atom. The number of imide groups is 1.